The molecule has 0 aliphatic rings. The van der Waals surface area contributed by atoms with Crippen LogP contribution in [-0.2, 0) is 11.2 Å². The second-order valence-electron chi connectivity index (χ2n) is 6.78. The number of nitrogens with one attached hydrogen (secondary N) is 2. The summed E-state index contributed by atoms with van der Waals surface area (Å²) in [5, 5.41) is 21.3. The highest BCUT2D eigenvalue weighted by Crippen LogP contribution is 2.27. The van der Waals surface area contributed by atoms with Gasteiger partial charge in [0.1, 0.15) is 5.82 Å². The van der Waals surface area contributed by atoms with Crippen LogP contribution in [0.1, 0.15) is 42.4 Å². The van der Waals surface area contributed by atoms with E-state index in [4.69, 9.17) is 10.6 Å². The van der Waals surface area contributed by atoms with Crippen molar-refractivity contribution in [2.45, 2.75) is 32.1 Å². The Balaban J connectivity index is 1.72. The first-order valence-electron chi connectivity index (χ1n) is 9.43. The second-order valence-corrected chi connectivity index (χ2v) is 6.78. The number of rotatable bonds is 8. The third-order valence-corrected chi connectivity index (χ3v) is 4.94. The molecule has 29 heavy (non-hydrogen) atoms. The summed E-state index contributed by atoms with van der Waals surface area (Å²) in [6.07, 6.45) is 8.03. The molecule has 1 amide bonds. The molecule has 1 atom stereocenters. The number of carbonyl (C=O) groups is 1. The van der Waals surface area contributed by atoms with Gasteiger partial charge in [0.05, 0.1) is 11.7 Å². The molecule has 0 spiro atoms. The molecule has 0 bridgehead atoms. The zero-order chi connectivity index (χ0) is 20.8. The Kier molecular flexibility index (Phi) is 6.51. The van der Waals surface area contributed by atoms with Gasteiger partial charge in [-0.2, -0.15) is 5.10 Å². The number of nitrogens with zero attached hydrogens (tertiary/aromatic N) is 2. The quantitative estimate of drug-likeness (QED) is 0.232. The third-order valence-electron chi connectivity index (χ3n) is 4.94. The molecule has 2 aromatic heterocycles. The lowest BCUT2D eigenvalue weighted by molar-refractivity contribution is -0.124. The van der Waals surface area contributed by atoms with E-state index in [1.165, 1.54) is 17.6 Å². The molecule has 3 N–H and O–H groups in total. The summed E-state index contributed by atoms with van der Waals surface area (Å²) in [6.45, 7) is 1.94. The number of hydrogen-bond acceptors (Lipinski definition) is 4. The Bertz CT molecular complexity index is 1060. The second kappa shape index (κ2) is 9.25. The molecule has 0 saturated heterocycles. The van der Waals surface area contributed by atoms with Crippen LogP contribution in [0.2, 0.25) is 0 Å². The molecule has 6 nitrogen and oxygen atoms in total. The van der Waals surface area contributed by atoms with Crippen molar-refractivity contribution in [1.82, 2.24) is 15.1 Å². The molecule has 0 aliphatic carbocycles. The summed E-state index contributed by atoms with van der Waals surface area (Å²) < 4.78 is 16.5. The molecular weight excluding hydrogens is 371 g/mol. The molecule has 0 aliphatic heterocycles. The SMILES string of the molecule is CC[C@H](C(=N)CCc1cnn2ccccc12)c1ccc(/C=C/C(=O)NO)cc1F. The van der Waals surface area contributed by atoms with E-state index in [0.29, 0.717) is 36.1 Å². The van der Waals surface area contributed by atoms with Gasteiger partial charge in [0.2, 0.25) is 0 Å². The van der Waals surface area contributed by atoms with Crippen LogP contribution in [0.3, 0.4) is 0 Å². The molecule has 150 valence electrons. The summed E-state index contributed by atoms with van der Waals surface area (Å²) in [5.74, 6) is -1.41. The molecule has 1 aromatic carbocycles. The fourth-order valence-electron chi connectivity index (χ4n) is 3.42. The van der Waals surface area contributed by atoms with E-state index in [2.05, 4.69) is 5.10 Å². The Morgan fingerprint density at radius 3 is 2.93 bits per heavy atom. The maximum absolute atomic E-state index is 14.7. The van der Waals surface area contributed by atoms with Crippen molar-refractivity contribution in [3.63, 3.8) is 0 Å². The molecule has 3 aromatic rings. The van der Waals surface area contributed by atoms with Crippen LogP contribution in [0, 0.1) is 11.2 Å². The van der Waals surface area contributed by atoms with Crippen molar-refractivity contribution >= 4 is 23.2 Å². The number of amides is 1. The number of carbonyl (C=O) groups excluding carboxylic acids is 1. The number of aryl methyl sites for hydroxylation is 1. The zero-order valence-corrected chi connectivity index (χ0v) is 16.1. The van der Waals surface area contributed by atoms with Gasteiger partial charge in [-0.25, -0.2) is 14.4 Å². The van der Waals surface area contributed by atoms with Crippen LogP contribution in [0.25, 0.3) is 11.6 Å². The van der Waals surface area contributed by atoms with Gasteiger partial charge in [-0.05, 0) is 60.2 Å². The minimum atomic E-state index is -0.685. The predicted molar refractivity (Wildman–Crippen MR) is 110 cm³/mol. The van der Waals surface area contributed by atoms with Crippen LogP contribution in [-0.4, -0.2) is 26.4 Å². The average molecular weight is 394 g/mol. The molecule has 0 fully saturated rings. The number of hydroxylamine groups is 1. The van der Waals surface area contributed by atoms with E-state index in [-0.39, 0.29) is 5.92 Å². The number of benzene rings is 1. The van der Waals surface area contributed by atoms with E-state index in [1.807, 2.05) is 37.5 Å². The predicted octanol–water partition coefficient (Wildman–Crippen LogP) is 4.14. The van der Waals surface area contributed by atoms with Gasteiger partial charge in [-0.3, -0.25) is 10.0 Å². The van der Waals surface area contributed by atoms with Crippen molar-refractivity contribution < 1.29 is 14.4 Å². The molecule has 0 radical (unpaired) electrons. The normalized spacial score (nSPS) is 12.4. The number of halogens is 1. The van der Waals surface area contributed by atoms with Crippen molar-refractivity contribution in [2.75, 3.05) is 0 Å². The molecule has 0 saturated carbocycles. The first-order valence-corrected chi connectivity index (χ1v) is 9.43. The van der Waals surface area contributed by atoms with Crippen LogP contribution in [0.15, 0.2) is 54.9 Å². The Morgan fingerprint density at radius 1 is 1.38 bits per heavy atom. The molecule has 2 heterocycles. The minimum absolute atomic E-state index is 0.310. The number of pyridine rings is 1. The van der Waals surface area contributed by atoms with E-state index in [1.54, 1.807) is 16.6 Å². The van der Waals surface area contributed by atoms with Gasteiger partial charge >= 0.3 is 0 Å². The lowest BCUT2D eigenvalue weighted by Crippen LogP contribution is -2.15. The van der Waals surface area contributed by atoms with Gasteiger partial charge in [-0.15, -0.1) is 0 Å². The summed E-state index contributed by atoms with van der Waals surface area (Å²) in [5.41, 5.74) is 5.02. The van der Waals surface area contributed by atoms with Crippen molar-refractivity contribution in [2.24, 2.45) is 0 Å². The summed E-state index contributed by atoms with van der Waals surface area (Å²) in [6, 6.07) is 10.5. The Labute approximate surface area is 168 Å². The van der Waals surface area contributed by atoms with E-state index in [9.17, 15) is 9.18 Å². The fourth-order valence-corrected chi connectivity index (χ4v) is 3.42. The summed E-state index contributed by atoms with van der Waals surface area (Å²) in [7, 11) is 0. The summed E-state index contributed by atoms with van der Waals surface area (Å²) >= 11 is 0. The van der Waals surface area contributed by atoms with Gasteiger partial charge < -0.3 is 5.41 Å². The fraction of sp³-hybridized carbons (Fsp3) is 0.227. The highest BCUT2D eigenvalue weighted by atomic mass is 19.1. The van der Waals surface area contributed by atoms with E-state index in [0.717, 1.165) is 17.2 Å². The zero-order valence-electron chi connectivity index (χ0n) is 16.1. The van der Waals surface area contributed by atoms with Crippen LogP contribution in [0.4, 0.5) is 4.39 Å². The Hall–Kier alpha value is -3.32. The molecule has 3 rings (SSSR count). The standard InChI is InChI=1S/C22H23FN4O2/c1-2-17(18-9-6-15(13-19(18)23)7-11-22(28)26-29)20(24)10-8-16-14-25-27-12-4-3-5-21(16)27/h3-7,9,11-14,17,24,29H,2,8,10H2,1H3,(H,26,28)/b11-7+,24-20?/t17-/m0/s1. The topological polar surface area (TPSA) is 90.5 Å². The first kappa shape index (κ1) is 20.4. The van der Waals surface area contributed by atoms with Gasteiger partial charge in [0.25, 0.3) is 5.91 Å². The number of aromatic nitrogens is 2. The lowest BCUT2D eigenvalue weighted by atomic mass is 9.88. The number of fused-ring (bicyclic) bond motifs is 1. The van der Waals surface area contributed by atoms with Crippen molar-refractivity contribution in [3.8, 4) is 0 Å². The largest absolute Gasteiger partial charge is 0.309 e. The van der Waals surface area contributed by atoms with Crippen LogP contribution < -0.4 is 5.48 Å². The number of hydrogen-bond donors (Lipinski definition) is 3. The van der Waals surface area contributed by atoms with Gasteiger partial charge in [-0.1, -0.05) is 25.1 Å². The molecule has 0 unspecified atom stereocenters. The molecular formula is C22H23FN4O2. The lowest BCUT2D eigenvalue weighted by Gasteiger charge is -2.18. The monoisotopic (exact) mass is 394 g/mol. The maximum atomic E-state index is 14.7. The summed E-state index contributed by atoms with van der Waals surface area (Å²) in [4.78, 5) is 11.1. The van der Waals surface area contributed by atoms with E-state index >= 15 is 0 Å². The minimum Gasteiger partial charge on any atom is -0.309 e. The van der Waals surface area contributed by atoms with Crippen molar-refractivity contribution in [3.05, 3.63) is 77.4 Å². The molecule has 7 heteroatoms. The highest BCUT2D eigenvalue weighted by Gasteiger charge is 2.19. The van der Waals surface area contributed by atoms with Gasteiger partial charge in [0, 0.05) is 23.9 Å². The van der Waals surface area contributed by atoms with Gasteiger partial charge in [0.15, 0.2) is 0 Å². The van der Waals surface area contributed by atoms with Crippen LogP contribution in [0.5, 0.6) is 0 Å². The average Bonchev–Trinajstić information content (AvgIpc) is 3.15. The highest BCUT2D eigenvalue weighted by molar-refractivity contribution is 5.91. The first-order chi connectivity index (χ1) is 14.0. The maximum Gasteiger partial charge on any atom is 0.267 e. The Morgan fingerprint density at radius 2 is 2.21 bits per heavy atom. The van der Waals surface area contributed by atoms with E-state index < -0.39 is 11.7 Å². The smallest absolute Gasteiger partial charge is 0.267 e. The van der Waals surface area contributed by atoms with Crippen molar-refractivity contribution in [1.29, 1.82) is 5.41 Å². The third kappa shape index (κ3) is 4.75. The van der Waals surface area contributed by atoms with Crippen LogP contribution >= 0.6 is 0 Å².